The van der Waals surface area contributed by atoms with Gasteiger partial charge in [0.15, 0.2) is 0 Å². The Hall–Kier alpha value is -2.16. The van der Waals surface area contributed by atoms with Crippen molar-refractivity contribution in [3.8, 4) is 0 Å². The number of carbonyl (C=O) groups is 1. The Morgan fingerprint density at radius 3 is 2.39 bits per heavy atom. The van der Waals surface area contributed by atoms with E-state index in [-0.39, 0.29) is 11.9 Å². The summed E-state index contributed by atoms with van der Waals surface area (Å²) in [5, 5.41) is 20.0. The fourth-order valence-corrected chi connectivity index (χ4v) is 4.13. The first kappa shape index (κ1) is 22.0. The van der Waals surface area contributed by atoms with Gasteiger partial charge >= 0.3 is 14.2 Å². The number of hydrogen-bond donors (Lipinski definition) is 3. The van der Waals surface area contributed by atoms with Crippen molar-refractivity contribution in [1.82, 2.24) is 4.90 Å². The first-order valence-electron chi connectivity index (χ1n) is 10.8. The molecule has 1 atom stereocenters. The predicted molar refractivity (Wildman–Crippen MR) is 120 cm³/mol. The SMILES string of the molecule is CC(N)CCCCN(Cc1ccc2c(c1)B(O)OC2)C(=O)c1ccc2c(c1)B(O)OC2. The van der Waals surface area contributed by atoms with Gasteiger partial charge in [-0.25, -0.2) is 0 Å². The molecule has 1 unspecified atom stereocenters. The van der Waals surface area contributed by atoms with Gasteiger partial charge in [-0.05, 0) is 59.5 Å². The first-order chi connectivity index (χ1) is 14.9. The monoisotopic (exact) mass is 422 g/mol. The van der Waals surface area contributed by atoms with Crippen molar-refractivity contribution < 1.29 is 24.2 Å². The molecular weight excluding hydrogens is 394 g/mol. The fourth-order valence-electron chi connectivity index (χ4n) is 4.13. The summed E-state index contributed by atoms with van der Waals surface area (Å²) in [6.07, 6.45) is 2.70. The molecule has 2 heterocycles. The van der Waals surface area contributed by atoms with Gasteiger partial charge in [0.1, 0.15) is 0 Å². The van der Waals surface area contributed by atoms with Gasteiger partial charge in [0, 0.05) is 24.7 Å². The van der Waals surface area contributed by atoms with Gasteiger partial charge in [0.2, 0.25) is 0 Å². The minimum absolute atomic E-state index is 0.0972. The van der Waals surface area contributed by atoms with Crippen LogP contribution < -0.4 is 16.7 Å². The van der Waals surface area contributed by atoms with Crippen molar-refractivity contribution in [3.63, 3.8) is 0 Å². The van der Waals surface area contributed by atoms with E-state index in [1.807, 2.05) is 36.1 Å². The molecule has 9 heteroatoms. The number of benzene rings is 2. The maximum atomic E-state index is 13.4. The minimum atomic E-state index is -0.986. The summed E-state index contributed by atoms with van der Waals surface area (Å²) in [5.41, 5.74) is 10.6. The Balaban J connectivity index is 1.53. The number of nitrogens with two attached hydrogens (primary N) is 1. The second kappa shape index (κ2) is 9.54. The average Bonchev–Trinajstić information content (AvgIpc) is 3.32. The van der Waals surface area contributed by atoms with Gasteiger partial charge < -0.3 is 30.0 Å². The molecular formula is C22H28B2N2O5. The van der Waals surface area contributed by atoms with Crippen molar-refractivity contribution in [1.29, 1.82) is 0 Å². The van der Waals surface area contributed by atoms with E-state index in [0.29, 0.717) is 37.3 Å². The lowest BCUT2D eigenvalue weighted by Gasteiger charge is -2.24. The Morgan fingerprint density at radius 2 is 1.71 bits per heavy atom. The molecule has 0 saturated carbocycles. The number of amides is 1. The summed E-state index contributed by atoms with van der Waals surface area (Å²) in [5.74, 6) is -0.0972. The largest absolute Gasteiger partial charge is 0.491 e. The second-order valence-electron chi connectivity index (χ2n) is 8.47. The molecule has 31 heavy (non-hydrogen) atoms. The van der Waals surface area contributed by atoms with Crippen molar-refractivity contribution in [2.45, 2.75) is 52.0 Å². The molecule has 2 aliphatic heterocycles. The summed E-state index contributed by atoms with van der Waals surface area (Å²) in [6.45, 7) is 3.76. The third kappa shape index (κ3) is 5.02. The van der Waals surface area contributed by atoms with Gasteiger partial charge in [-0.2, -0.15) is 0 Å². The molecule has 1 amide bonds. The van der Waals surface area contributed by atoms with E-state index in [9.17, 15) is 14.8 Å². The van der Waals surface area contributed by atoms with E-state index >= 15 is 0 Å². The van der Waals surface area contributed by atoms with Crippen LogP contribution in [0.2, 0.25) is 0 Å². The third-order valence-corrected chi connectivity index (χ3v) is 5.93. The van der Waals surface area contributed by atoms with Gasteiger partial charge in [0.05, 0.1) is 13.2 Å². The second-order valence-corrected chi connectivity index (χ2v) is 8.47. The van der Waals surface area contributed by atoms with Crippen LogP contribution in [-0.2, 0) is 29.1 Å². The van der Waals surface area contributed by atoms with E-state index in [1.165, 1.54) is 0 Å². The number of unbranched alkanes of at least 4 members (excludes halogenated alkanes) is 1. The highest BCUT2D eigenvalue weighted by atomic mass is 16.5. The fraction of sp³-hybridized carbons (Fsp3) is 0.409. The summed E-state index contributed by atoms with van der Waals surface area (Å²) in [7, 11) is -1.90. The number of fused-ring (bicyclic) bond motifs is 2. The molecule has 4 N–H and O–H groups in total. The van der Waals surface area contributed by atoms with Crippen LogP contribution in [0.15, 0.2) is 36.4 Å². The Bertz CT molecular complexity index is 955. The highest BCUT2D eigenvalue weighted by Gasteiger charge is 2.30. The number of carbonyl (C=O) groups excluding carboxylic acids is 1. The lowest BCUT2D eigenvalue weighted by atomic mass is 9.78. The van der Waals surface area contributed by atoms with Crippen LogP contribution in [0, 0.1) is 0 Å². The first-order valence-corrected chi connectivity index (χ1v) is 10.8. The van der Waals surface area contributed by atoms with Crippen LogP contribution in [0.4, 0.5) is 0 Å². The molecule has 4 rings (SSSR count). The highest BCUT2D eigenvalue weighted by molar-refractivity contribution is 6.62. The topological polar surface area (TPSA) is 105 Å². The standard InChI is InChI=1S/C22H28B2N2O5/c1-15(25)4-2-3-9-26(12-16-5-6-18-13-30-23(28)20(18)10-16)22(27)17-7-8-19-14-31-24(29)21(19)11-17/h5-8,10-11,15,28-29H,2-4,9,12-14,25H2,1H3. The quantitative estimate of drug-likeness (QED) is 0.417. The zero-order valence-electron chi connectivity index (χ0n) is 17.8. The molecule has 7 nitrogen and oxygen atoms in total. The van der Waals surface area contributed by atoms with Crippen LogP contribution in [-0.4, -0.2) is 47.7 Å². The lowest BCUT2D eigenvalue weighted by molar-refractivity contribution is 0.0740. The molecule has 0 fully saturated rings. The maximum absolute atomic E-state index is 13.4. The third-order valence-electron chi connectivity index (χ3n) is 5.93. The maximum Gasteiger partial charge on any atom is 0.491 e. The van der Waals surface area contributed by atoms with E-state index in [2.05, 4.69) is 0 Å². The summed E-state index contributed by atoms with van der Waals surface area (Å²) >= 11 is 0. The van der Waals surface area contributed by atoms with E-state index in [1.54, 1.807) is 12.1 Å². The predicted octanol–water partition coefficient (Wildman–Crippen LogP) is 0.282. The molecule has 0 aromatic heterocycles. The molecule has 0 saturated heterocycles. The summed E-state index contributed by atoms with van der Waals surface area (Å²) < 4.78 is 10.5. The summed E-state index contributed by atoms with van der Waals surface area (Å²) in [4.78, 5) is 15.2. The van der Waals surface area contributed by atoms with Crippen LogP contribution in [0.5, 0.6) is 0 Å². The smallest absolute Gasteiger partial charge is 0.423 e. The van der Waals surface area contributed by atoms with E-state index in [0.717, 1.165) is 41.4 Å². The zero-order valence-corrected chi connectivity index (χ0v) is 17.8. The minimum Gasteiger partial charge on any atom is -0.423 e. The van der Waals surface area contributed by atoms with Gasteiger partial charge in [-0.15, -0.1) is 0 Å². The molecule has 0 spiro atoms. The van der Waals surface area contributed by atoms with Crippen LogP contribution in [0.25, 0.3) is 0 Å². The summed E-state index contributed by atoms with van der Waals surface area (Å²) in [6, 6.07) is 11.3. The molecule has 162 valence electrons. The van der Waals surface area contributed by atoms with Gasteiger partial charge in [0.25, 0.3) is 5.91 Å². The molecule has 2 aromatic carbocycles. The molecule has 0 bridgehead atoms. The molecule has 2 aliphatic rings. The van der Waals surface area contributed by atoms with E-state index < -0.39 is 14.2 Å². The number of hydrogen-bond acceptors (Lipinski definition) is 6. The van der Waals surface area contributed by atoms with Crippen molar-refractivity contribution in [3.05, 3.63) is 58.7 Å². The van der Waals surface area contributed by atoms with E-state index in [4.69, 9.17) is 15.0 Å². The Labute approximate surface area is 183 Å². The lowest BCUT2D eigenvalue weighted by Crippen LogP contribution is -2.35. The van der Waals surface area contributed by atoms with Crippen molar-refractivity contribution >= 4 is 31.1 Å². The van der Waals surface area contributed by atoms with Crippen molar-refractivity contribution in [2.24, 2.45) is 5.73 Å². The number of nitrogens with zero attached hydrogens (tertiary/aromatic N) is 1. The molecule has 2 aromatic rings. The van der Waals surface area contributed by atoms with Crippen LogP contribution >= 0.6 is 0 Å². The molecule has 0 radical (unpaired) electrons. The zero-order chi connectivity index (χ0) is 22.0. The highest BCUT2D eigenvalue weighted by Crippen LogP contribution is 2.17. The Morgan fingerprint density at radius 1 is 1.06 bits per heavy atom. The van der Waals surface area contributed by atoms with Crippen molar-refractivity contribution in [2.75, 3.05) is 6.54 Å². The normalized spacial score (nSPS) is 15.7. The van der Waals surface area contributed by atoms with Gasteiger partial charge in [-0.3, -0.25) is 4.79 Å². The number of rotatable bonds is 8. The average molecular weight is 422 g/mol. The van der Waals surface area contributed by atoms with Crippen LogP contribution in [0.1, 0.15) is 53.2 Å². The molecule has 0 aliphatic carbocycles. The van der Waals surface area contributed by atoms with Gasteiger partial charge in [-0.1, -0.05) is 30.7 Å². The Kier molecular flexibility index (Phi) is 6.79. The van der Waals surface area contributed by atoms with Crippen LogP contribution in [0.3, 0.4) is 0 Å².